The Labute approximate surface area is 139 Å². The molecule has 0 radical (unpaired) electrons. The molecular formula is C19H19FN2O2. The molecule has 0 aliphatic carbocycles. The van der Waals surface area contributed by atoms with Crippen LogP contribution in [0.2, 0.25) is 0 Å². The Morgan fingerprint density at radius 3 is 2.42 bits per heavy atom. The van der Waals surface area contributed by atoms with E-state index in [2.05, 4.69) is 4.98 Å². The molecule has 0 saturated carbocycles. The Morgan fingerprint density at radius 2 is 1.79 bits per heavy atom. The molecular weight excluding hydrogens is 307 g/mol. The fourth-order valence-corrected chi connectivity index (χ4v) is 4.21. The van der Waals surface area contributed by atoms with Gasteiger partial charge in [-0.25, -0.2) is 4.39 Å². The molecule has 2 aliphatic rings. The van der Waals surface area contributed by atoms with Gasteiger partial charge in [-0.3, -0.25) is 9.78 Å². The Morgan fingerprint density at radius 1 is 1.12 bits per heavy atom. The van der Waals surface area contributed by atoms with E-state index < -0.39 is 0 Å². The van der Waals surface area contributed by atoms with Crippen LogP contribution < -0.4 is 0 Å². The molecule has 2 aromatic rings. The average Bonchev–Trinajstić information content (AvgIpc) is 2.84. The number of aromatic nitrogens is 1. The normalized spacial score (nSPS) is 25.7. The first-order valence-electron chi connectivity index (χ1n) is 8.34. The summed E-state index contributed by atoms with van der Waals surface area (Å²) < 4.78 is 13.1. The number of carbonyl (C=O) groups is 1. The van der Waals surface area contributed by atoms with Gasteiger partial charge < -0.3 is 10.0 Å². The third kappa shape index (κ3) is 2.64. The molecule has 124 valence electrons. The largest absolute Gasteiger partial charge is 0.506 e. The van der Waals surface area contributed by atoms with Crippen LogP contribution in [0.4, 0.5) is 4.39 Å². The summed E-state index contributed by atoms with van der Waals surface area (Å²) in [5.41, 5.74) is 1.59. The van der Waals surface area contributed by atoms with E-state index in [1.807, 2.05) is 17.0 Å². The van der Waals surface area contributed by atoms with Crippen molar-refractivity contribution in [3.8, 4) is 5.75 Å². The van der Waals surface area contributed by atoms with Gasteiger partial charge >= 0.3 is 0 Å². The number of rotatable bonds is 2. The van der Waals surface area contributed by atoms with Gasteiger partial charge in [0, 0.05) is 18.3 Å². The zero-order valence-corrected chi connectivity index (χ0v) is 13.2. The van der Waals surface area contributed by atoms with Gasteiger partial charge in [0.15, 0.2) is 0 Å². The summed E-state index contributed by atoms with van der Waals surface area (Å²) in [6.07, 6.45) is 6.64. The van der Waals surface area contributed by atoms with Gasteiger partial charge in [-0.2, -0.15) is 0 Å². The van der Waals surface area contributed by atoms with Crippen molar-refractivity contribution in [1.82, 2.24) is 9.88 Å². The van der Waals surface area contributed by atoms with Crippen molar-refractivity contribution in [1.29, 1.82) is 0 Å². The minimum Gasteiger partial charge on any atom is -0.506 e. The van der Waals surface area contributed by atoms with E-state index in [9.17, 15) is 14.3 Å². The van der Waals surface area contributed by atoms with Crippen molar-refractivity contribution < 1.29 is 14.3 Å². The summed E-state index contributed by atoms with van der Waals surface area (Å²) >= 11 is 0. The Bertz CT molecular complexity index is 748. The minimum atomic E-state index is -0.217. The first kappa shape index (κ1) is 15.1. The van der Waals surface area contributed by atoms with Gasteiger partial charge in [0.2, 0.25) is 0 Å². The first-order chi connectivity index (χ1) is 11.6. The van der Waals surface area contributed by atoms with Crippen molar-refractivity contribution in [2.75, 3.05) is 0 Å². The van der Waals surface area contributed by atoms with Gasteiger partial charge in [0.25, 0.3) is 5.91 Å². The number of hydrogen-bond acceptors (Lipinski definition) is 3. The number of fused-ring (bicyclic) bond motifs is 2. The molecule has 2 fully saturated rings. The molecule has 1 N–H and O–H groups in total. The molecule has 5 heteroatoms. The van der Waals surface area contributed by atoms with Crippen LogP contribution in [0.3, 0.4) is 0 Å². The number of benzene rings is 1. The van der Waals surface area contributed by atoms with Crippen LogP contribution in [-0.2, 0) is 0 Å². The molecule has 2 aliphatic heterocycles. The number of amides is 1. The number of hydrogen-bond donors (Lipinski definition) is 1. The van der Waals surface area contributed by atoms with E-state index in [-0.39, 0.29) is 29.6 Å². The Kier molecular flexibility index (Phi) is 3.71. The van der Waals surface area contributed by atoms with E-state index in [4.69, 9.17) is 0 Å². The molecule has 1 amide bonds. The van der Waals surface area contributed by atoms with Crippen LogP contribution >= 0.6 is 0 Å². The van der Waals surface area contributed by atoms with Gasteiger partial charge in [-0.1, -0.05) is 12.1 Å². The molecule has 2 saturated heterocycles. The maximum atomic E-state index is 13.1. The third-order valence-electron chi connectivity index (χ3n) is 5.28. The number of carbonyl (C=O) groups excluding carboxylic acids is 1. The third-order valence-corrected chi connectivity index (χ3v) is 5.28. The highest BCUT2D eigenvalue weighted by molar-refractivity contribution is 5.95. The lowest BCUT2D eigenvalue weighted by Gasteiger charge is -2.39. The molecule has 24 heavy (non-hydrogen) atoms. The molecule has 2 bridgehead atoms. The van der Waals surface area contributed by atoms with Gasteiger partial charge in [-0.15, -0.1) is 0 Å². The lowest BCUT2D eigenvalue weighted by atomic mass is 9.85. The summed E-state index contributed by atoms with van der Waals surface area (Å²) in [5.74, 6) is 0.109. The molecule has 1 aromatic carbocycles. The van der Waals surface area contributed by atoms with Crippen molar-refractivity contribution in [2.24, 2.45) is 0 Å². The maximum Gasteiger partial charge on any atom is 0.256 e. The quantitative estimate of drug-likeness (QED) is 0.919. The topological polar surface area (TPSA) is 53.4 Å². The SMILES string of the molecule is O=C(c1cncc(O)c1)N1[C@@H]2CC[C@H]1CC(c1ccc(F)cc1)C2. The number of pyridine rings is 1. The van der Waals surface area contributed by atoms with Crippen LogP contribution in [0.1, 0.15) is 47.5 Å². The zero-order valence-electron chi connectivity index (χ0n) is 13.2. The second kappa shape index (κ2) is 5.89. The van der Waals surface area contributed by atoms with Crippen LogP contribution in [0.25, 0.3) is 0 Å². The second-order valence-corrected chi connectivity index (χ2v) is 6.75. The average molecular weight is 326 g/mol. The fourth-order valence-electron chi connectivity index (χ4n) is 4.21. The predicted molar refractivity (Wildman–Crippen MR) is 87.3 cm³/mol. The standard InChI is InChI=1S/C19H19FN2O2/c20-15-3-1-12(2-4-15)13-7-16-5-6-17(8-13)22(16)19(24)14-9-18(23)11-21-10-14/h1-4,9-11,13,16-17,23H,5-8H2/t13?,16-,17+. The highest BCUT2D eigenvalue weighted by Crippen LogP contribution is 2.43. The van der Waals surface area contributed by atoms with Crippen molar-refractivity contribution in [2.45, 2.75) is 43.7 Å². The van der Waals surface area contributed by atoms with Crippen molar-refractivity contribution >= 4 is 5.91 Å². The number of aromatic hydroxyl groups is 1. The summed E-state index contributed by atoms with van der Waals surface area (Å²) in [7, 11) is 0. The smallest absolute Gasteiger partial charge is 0.256 e. The lowest BCUT2D eigenvalue weighted by Crippen LogP contribution is -2.46. The van der Waals surface area contributed by atoms with Crippen LogP contribution in [0, 0.1) is 5.82 Å². The number of halogens is 1. The molecule has 1 unspecified atom stereocenters. The van der Waals surface area contributed by atoms with Crippen molar-refractivity contribution in [3.63, 3.8) is 0 Å². The highest BCUT2D eigenvalue weighted by Gasteiger charge is 2.43. The molecule has 0 spiro atoms. The molecule has 3 atom stereocenters. The van der Waals surface area contributed by atoms with Crippen molar-refractivity contribution in [3.05, 3.63) is 59.7 Å². The van der Waals surface area contributed by atoms with E-state index in [1.54, 1.807) is 0 Å². The lowest BCUT2D eigenvalue weighted by molar-refractivity contribution is 0.0570. The van der Waals surface area contributed by atoms with E-state index >= 15 is 0 Å². The van der Waals surface area contributed by atoms with Gasteiger partial charge in [-0.05, 0) is 55.4 Å². The summed E-state index contributed by atoms with van der Waals surface area (Å²) in [6, 6.07) is 8.61. The number of nitrogens with zero attached hydrogens (tertiary/aromatic N) is 2. The summed E-state index contributed by atoms with van der Waals surface area (Å²) in [6.45, 7) is 0. The zero-order chi connectivity index (χ0) is 16.7. The molecule has 1 aromatic heterocycles. The summed E-state index contributed by atoms with van der Waals surface area (Å²) in [4.78, 5) is 18.7. The van der Waals surface area contributed by atoms with E-state index in [0.717, 1.165) is 31.2 Å². The van der Waals surface area contributed by atoms with Gasteiger partial charge in [0.05, 0.1) is 11.8 Å². The van der Waals surface area contributed by atoms with E-state index in [1.165, 1.54) is 30.6 Å². The first-order valence-corrected chi connectivity index (χ1v) is 8.34. The molecule has 4 nitrogen and oxygen atoms in total. The Balaban J connectivity index is 1.55. The second-order valence-electron chi connectivity index (χ2n) is 6.75. The monoisotopic (exact) mass is 326 g/mol. The number of piperidine rings is 1. The predicted octanol–water partition coefficient (Wildman–Crippen LogP) is 3.48. The van der Waals surface area contributed by atoms with Crippen LogP contribution in [-0.4, -0.2) is 33.0 Å². The summed E-state index contributed by atoms with van der Waals surface area (Å²) in [5, 5.41) is 9.56. The van der Waals surface area contributed by atoms with Crippen LogP contribution in [0.5, 0.6) is 5.75 Å². The van der Waals surface area contributed by atoms with E-state index in [0.29, 0.717) is 11.5 Å². The van der Waals surface area contributed by atoms with Crippen LogP contribution in [0.15, 0.2) is 42.7 Å². The Hall–Kier alpha value is -2.43. The maximum absolute atomic E-state index is 13.1. The highest BCUT2D eigenvalue weighted by atomic mass is 19.1. The van der Waals surface area contributed by atoms with Gasteiger partial charge in [0.1, 0.15) is 11.6 Å². The minimum absolute atomic E-state index is 0.00870. The molecule has 3 heterocycles. The fraction of sp³-hybridized carbons (Fsp3) is 0.368. The molecule has 4 rings (SSSR count).